The maximum atomic E-state index is 12.8. The first-order valence-electron chi connectivity index (χ1n) is 6.90. The number of halogens is 1. The second-order valence-corrected chi connectivity index (χ2v) is 9.57. The van der Waals surface area contributed by atoms with Crippen LogP contribution in [0, 0.1) is 5.41 Å². The molecule has 0 spiro atoms. The largest absolute Gasteiger partial charge is 0.340 e. The maximum Gasteiger partial charge on any atom is 0.248 e. The minimum atomic E-state index is -0.854. The fourth-order valence-electron chi connectivity index (χ4n) is 2.68. The summed E-state index contributed by atoms with van der Waals surface area (Å²) in [7, 11) is 0. The number of carbonyl (C=O) groups is 2. The van der Waals surface area contributed by atoms with Crippen LogP contribution < -0.4 is 5.32 Å². The number of carbonyl (C=O) groups excluding carboxylic acids is 2. The summed E-state index contributed by atoms with van der Waals surface area (Å²) in [5, 5.41) is 2.85. The van der Waals surface area contributed by atoms with Gasteiger partial charge in [0.05, 0.1) is 10.3 Å². The molecule has 1 atom stereocenters. The summed E-state index contributed by atoms with van der Waals surface area (Å²) in [6.07, 6.45) is 0. The first kappa shape index (κ1) is 16.5. The molecule has 1 aromatic rings. The highest BCUT2D eigenvalue weighted by Crippen LogP contribution is 2.33. The zero-order chi connectivity index (χ0) is 16.0. The van der Waals surface area contributed by atoms with Crippen LogP contribution in [-0.2, 0) is 16.1 Å². The average molecular weight is 373 g/mol. The molecule has 1 aliphatic heterocycles. The summed E-state index contributed by atoms with van der Waals surface area (Å²) in [6, 6.07) is 3.49. The van der Waals surface area contributed by atoms with Gasteiger partial charge in [0.15, 0.2) is 0 Å². The second-order valence-electron chi connectivity index (χ2n) is 7.02. The Hall–Kier alpha value is -0.880. The van der Waals surface area contributed by atoms with Crippen LogP contribution in [0.4, 0.5) is 0 Å². The van der Waals surface area contributed by atoms with Crippen molar-refractivity contribution in [2.24, 2.45) is 5.41 Å². The molecule has 21 heavy (non-hydrogen) atoms. The molecule has 0 aromatic carbocycles. The fraction of sp³-hybridized carbons (Fsp3) is 0.600. The molecule has 0 bridgehead atoms. The summed E-state index contributed by atoms with van der Waals surface area (Å²) >= 11 is 5.03. The third-order valence-corrected chi connectivity index (χ3v) is 5.17. The van der Waals surface area contributed by atoms with Crippen molar-refractivity contribution in [1.82, 2.24) is 10.2 Å². The second kappa shape index (κ2) is 5.39. The van der Waals surface area contributed by atoms with E-state index in [2.05, 4.69) is 21.2 Å². The third-order valence-electron chi connectivity index (χ3n) is 3.57. The molecule has 1 aliphatic rings. The normalized spacial score (nSPS) is 22.4. The first-order chi connectivity index (χ1) is 9.52. The van der Waals surface area contributed by atoms with Gasteiger partial charge in [0.25, 0.3) is 0 Å². The number of rotatable bonds is 2. The van der Waals surface area contributed by atoms with Crippen molar-refractivity contribution in [3.8, 4) is 0 Å². The Morgan fingerprint density at radius 3 is 2.43 bits per heavy atom. The number of amides is 2. The van der Waals surface area contributed by atoms with Gasteiger partial charge in [0.1, 0.15) is 11.6 Å². The molecule has 1 fully saturated rings. The lowest BCUT2D eigenvalue weighted by Gasteiger charge is -2.47. The van der Waals surface area contributed by atoms with Crippen molar-refractivity contribution in [3.63, 3.8) is 0 Å². The van der Waals surface area contributed by atoms with E-state index < -0.39 is 11.6 Å². The van der Waals surface area contributed by atoms with Gasteiger partial charge in [-0.15, -0.1) is 11.3 Å². The van der Waals surface area contributed by atoms with Crippen LogP contribution in [0.2, 0.25) is 0 Å². The molecule has 6 heteroatoms. The smallest absolute Gasteiger partial charge is 0.248 e. The Kier molecular flexibility index (Phi) is 4.23. The lowest BCUT2D eigenvalue weighted by atomic mass is 9.81. The summed E-state index contributed by atoms with van der Waals surface area (Å²) in [5.74, 6) is -0.116. The van der Waals surface area contributed by atoms with Crippen molar-refractivity contribution in [2.75, 3.05) is 0 Å². The lowest BCUT2D eigenvalue weighted by molar-refractivity contribution is -0.158. The molecule has 2 rings (SSSR count). The van der Waals surface area contributed by atoms with Crippen molar-refractivity contribution >= 4 is 39.1 Å². The fourth-order valence-corrected chi connectivity index (χ4v) is 4.16. The molecular weight excluding hydrogens is 352 g/mol. The Morgan fingerprint density at radius 1 is 1.33 bits per heavy atom. The quantitative estimate of drug-likeness (QED) is 0.866. The molecule has 2 heterocycles. The van der Waals surface area contributed by atoms with Gasteiger partial charge in [-0.05, 0) is 47.3 Å². The van der Waals surface area contributed by atoms with E-state index in [1.165, 1.54) is 0 Å². The molecule has 2 amide bonds. The van der Waals surface area contributed by atoms with Gasteiger partial charge in [-0.1, -0.05) is 20.8 Å². The van der Waals surface area contributed by atoms with Crippen LogP contribution in [-0.4, -0.2) is 28.3 Å². The SMILES string of the molecule is CC1(C)NC(=O)C(C(C)(C)C)N(Cc2ccc(Br)s2)C1=O. The van der Waals surface area contributed by atoms with Crippen molar-refractivity contribution in [1.29, 1.82) is 0 Å². The predicted molar refractivity (Wildman–Crippen MR) is 88.0 cm³/mol. The monoisotopic (exact) mass is 372 g/mol. The Morgan fingerprint density at radius 2 is 1.95 bits per heavy atom. The van der Waals surface area contributed by atoms with Crippen molar-refractivity contribution in [3.05, 3.63) is 20.8 Å². The Bertz CT molecular complexity index is 574. The van der Waals surface area contributed by atoms with E-state index in [9.17, 15) is 9.59 Å². The minimum absolute atomic E-state index is 0.0356. The zero-order valence-electron chi connectivity index (χ0n) is 13.0. The van der Waals surface area contributed by atoms with Crippen LogP contribution in [0.3, 0.4) is 0 Å². The van der Waals surface area contributed by atoms with Crippen LogP contribution in [0.5, 0.6) is 0 Å². The number of nitrogens with zero attached hydrogens (tertiary/aromatic N) is 1. The molecule has 0 aliphatic carbocycles. The van der Waals surface area contributed by atoms with Crippen molar-refractivity contribution < 1.29 is 9.59 Å². The zero-order valence-corrected chi connectivity index (χ0v) is 15.4. The third kappa shape index (κ3) is 3.31. The lowest BCUT2D eigenvalue weighted by Crippen LogP contribution is -2.70. The summed E-state index contributed by atoms with van der Waals surface area (Å²) in [5.41, 5.74) is -1.17. The molecule has 1 unspecified atom stereocenters. The highest BCUT2D eigenvalue weighted by Gasteiger charge is 2.49. The van der Waals surface area contributed by atoms with Gasteiger partial charge in [-0.25, -0.2) is 0 Å². The van der Waals surface area contributed by atoms with Gasteiger partial charge in [-0.3, -0.25) is 9.59 Å². The van der Waals surface area contributed by atoms with Gasteiger partial charge >= 0.3 is 0 Å². The van der Waals surface area contributed by atoms with E-state index in [-0.39, 0.29) is 17.2 Å². The molecule has 1 aromatic heterocycles. The van der Waals surface area contributed by atoms with E-state index in [4.69, 9.17) is 0 Å². The number of hydrogen-bond acceptors (Lipinski definition) is 3. The van der Waals surface area contributed by atoms with E-state index in [1.54, 1.807) is 30.1 Å². The summed E-state index contributed by atoms with van der Waals surface area (Å²) in [6.45, 7) is 9.93. The van der Waals surface area contributed by atoms with Crippen LogP contribution in [0.15, 0.2) is 15.9 Å². The highest BCUT2D eigenvalue weighted by atomic mass is 79.9. The summed E-state index contributed by atoms with van der Waals surface area (Å²) in [4.78, 5) is 28.0. The van der Waals surface area contributed by atoms with Crippen LogP contribution in [0.25, 0.3) is 0 Å². The molecule has 1 saturated heterocycles. The minimum Gasteiger partial charge on any atom is -0.340 e. The van der Waals surface area contributed by atoms with Gasteiger partial charge in [-0.2, -0.15) is 0 Å². The van der Waals surface area contributed by atoms with E-state index >= 15 is 0 Å². The molecule has 4 nitrogen and oxygen atoms in total. The molecule has 116 valence electrons. The maximum absolute atomic E-state index is 12.8. The molecule has 1 N–H and O–H groups in total. The number of thiophene rings is 1. The Balaban J connectivity index is 2.38. The predicted octanol–water partition coefficient (Wildman–Crippen LogP) is 3.16. The molecular formula is C15H21BrN2O2S. The standard InChI is InChI=1S/C15H21BrN2O2S/c1-14(2,3)11-12(19)17-15(4,5)13(20)18(11)8-9-6-7-10(16)21-9/h6-7,11H,8H2,1-5H3,(H,17,19). The Labute approximate surface area is 138 Å². The van der Waals surface area contributed by atoms with Crippen molar-refractivity contribution in [2.45, 2.75) is 52.7 Å². The van der Waals surface area contributed by atoms with Gasteiger partial charge in [0.2, 0.25) is 11.8 Å². The molecule has 0 radical (unpaired) electrons. The molecule has 0 saturated carbocycles. The summed E-state index contributed by atoms with van der Waals surface area (Å²) < 4.78 is 1.03. The highest BCUT2D eigenvalue weighted by molar-refractivity contribution is 9.11. The van der Waals surface area contributed by atoms with Gasteiger partial charge in [0, 0.05) is 4.88 Å². The number of hydrogen-bond donors (Lipinski definition) is 1. The first-order valence-corrected chi connectivity index (χ1v) is 8.50. The number of piperazine rings is 1. The topological polar surface area (TPSA) is 49.4 Å². The van der Waals surface area contributed by atoms with E-state index in [1.807, 2.05) is 32.9 Å². The van der Waals surface area contributed by atoms with Crippen LogP contribution in [0.1, 0.15) is 39.5 Å². The number of nitrogens with one attached hydrogen (secondary N) is 1. The van der Waals surface area contributed by atoms with Crippen LogP contribution >= 0.6 is 27.3 Å². The van der Waals surface area contributed by atoms with E-state index in [0.29, 0.717) is 6.54 Å². The van der Waals surface area contributed by atoms with E-state index in [0.717, 1.165) is 8.66 Å². The van der Waals surface area contributed by atoms with Gasteiger partial charge < -0.3 is 10.2 Å². The average Bonchev–Trinajstić information content (AvgIpc) is 2.69.